The van der Waals surface area contributed by atoms with Gasteiger partial charge >= 0.3 is 0 Å². The van der Waals surface area contributed by atoms with Gasteiger partial charge in [0.1, 0.15) is 17.2 Å². The molecule has 0 atom stereocenters. The number of hydrogen-bond donors (Lipinski definition) is 3. The second-order valence-corrected chi connectivity index (χ2v) is 5.43. The molecular formula is C19H20N2O3. The van der Waals surface area contributed by atoms with E-state index in [0.717, 1.165) is 33.2 Å². The Morgan fingerprint density at radius 3 is 2.29 bits per heavy atom. The smallest absolute Gasteiger partial charge is 0.144 e. The zero-order valence-corrected chi connectivity index (χ0v) is 13.9. The van der Waals surface area contributed by atoms with Crippen molar-refractivity contribution in [1.29, 1.82) is 0 Å². The van der Waals surface area contributed by atoms with E-state index in [1.165, 1.54) is 0 Å². The van der Waals surface area contributed by atoms with Crippen molar-refractivity contribution in [3.8, 4) is 17.2 Å². The fourth-order valence-electron chi connectivity index (χ4n) is 2.75. The van der Waals surface area contributed by atoms with E-state index in [2.05, 4.69) is 16.0 Å². The van der Waals surface area contributed by atoms with Crippen LogP contribution in [-0.2, 0) is 0 Å². The third-order valence-electron chi connectivity index (χ3n) is 3.85. The maximum absolute atomic E-state index is 9.41. The van der Waals surface area contributed by atoms with E-state index >= 15 is 0 Å². The van der Waals surface area contributed by atoms with Crippen LogP contribution in [0.4, 0.5) is 0 Å². The van der Waals surface area contributed by atoms with E-state index in [4.69, 9.17) is 9.47 Å². The zero-order chi connectivity index (χ0) is 17.1. The third kappa shape index (κ3) is 2.88. The van der Waals surface area contributed by atoms with Gasteiger partial charge in [-0.05, 0) is 37.3 Å². The lowest BCUT2D eigenvalue weighted by atomic mass is 10.2. The van der Waals surface area contributed by atoms with Crippen LogP contribution in [0.15, 0.2) is 48.7 Å². The molecule has 24 heavy (non-hydrogen) atoms. The first-order valence-corrected chi connectivity index (χ1v) is 7.59. The number of methoxy groups -OCH3 is 2. The predicted molar refractivity (Wildman–Crippen MR) is 96.1 cm³/mol. The number of aromatic amines is 2. The Morgan fingerprint density at radius 1 is 0.917 bits per heavy atom. The first-order chi connectivity index (χ1) is 11.6. The number of nitrogens with one attached hydrogen (secondary N) is 2. The van der Waals surface area contributed by atoms with Crippen LogP contribution in [0.1, 0.15) is 5.69 Å². The number of hydrogen-bond acceptors (Lipinski definition) is 3. The zero-order valence-electron chi connectivity index (χ0n) is 13.9. The van der Waals surface area contributed by atoms with Crippen LogP contribution < -0.4 is 9.47 Å². The molecule has 0 bridgehead atoms. The SMILES string of the molecule is COc1cccc2[nH]c(C)cc12.COc1cccc2[nH]cc(O)c12. The van der Waals surface area contributed by atoms with Crippen LogP contribution in [0.5, 0.6) is 17.2 Å². The molecule has 0 aliphatic rings. The van der Waals surface area contributed by atoms with Gasteiger partial charge in [-0.15, -0.1) is 0 Å². The van der Waals surface area contributed by atoms with Gasteiger partial charge in [0.05, 0.1) is 25.1 Å². The molecule has 2 heterocycles. The van der Waals surface area contributed by atoms with Gasteiger partial charge in [-0.3, -0.25) is 0 Å². The Balaban J connectivity index is 0.000000141. The van der Waals surface area contributed by atoms with E-state index < -0.39 is 0 Å². The molecular weight excluding hydrogens is 304 g/mol. The van der Waals surface area contributed by atoms with Crippen molar-refractivity contribution in [3.63, 3.8) is 0 Å². The summed E-state index contributed by atoms with van der Waals surface area (Å²) in [5.41, 5.74) is 3.17. The van der Waals surface area contributed by atoms with Gasteiger partial charge in [0.25, 0.3) is 0 Å². The van der Waals surface area contributed by atoms with E-state index in [1.807, 2.05) is 43.3 Å². The Bertz CT molecular complexity index is 963. The molecule has 5 nitrogen and oxygen atoms in total. The molecule has 0 aliphatic heterocycles. The van der Waals surface area contributed by atoms with E-state index in [1.54, 1.807) is 20.4 Å². The summed E-state index contributed by atoms with van der Waals surface area (Å²) in [6.07, 6.45) is 1.55. The van der Waals surface area contributed by atoms with E-state index in [-0.39, 0.29) is 5.75 Å². The lowest BCUT2D eigenvalue weighted by molar-refractivity contribution is 0.416. The number of H-pyrrole nitrogens is 2. The standard InChI is InChI=1S/C10H11NO.C9H9NO2/c1-7-6-8-9(11-7)4-3-5-10(8)12-2;1-12-8-4-2-3-6-9(8)7(11)5-10-6/h3-6,11H,1-2H3;2-5,10-11H,1H3. The summed E-state index contributed by atoms with van der Waals surface area (Å²) in [5, 5.41) is 11.3. The number of fused-ring (bicyclic) bond motifs is 2. The maximum atomic E-state index is 9.41. The molecule has 0 saturated carbocycles. The van der Waals surface area contributed by atoms with Gasteiger partial charge in [0, 0.05) is 22.8 Å². The molecule has 3 N–H and O–H groups in total. The normalized spacial score (nSPS) is 10.5. The van der Waals surface area contributed by atoms with Crippen molar-refractivity contribution in [3.05, 3.63) is 54.4 Å². The summed E-state index contributed by atoms with van der Waals surface area (Å²) in [5.74, 6) is 1.84. The lowest BCUT2D eigenvalue weighted by Crippen LogP contribution is -1.82. The Morgan fingerprint density at radius 2 is 1.58 bits per heavy atom. The highest BCUT2D eigenvalue weighted by atomic mass is 16.5. The molecule has 0 unspecified atom stereocenters. The maximum Gasteiger partial charge on any atom is 0.144 e. The molecule has 2 aromatic heterocycles. The minimum absolute atomic E-state index is 0.224. The van der Waals surface area contributed by atoms with Gasteiger partial charge in [0.2, 0.25) is 0 Å². The summed E-state index contributed by atoms with van der Waals surface area (Å²) in [4.78, 5) is 6.19. The minimum Gasteiger partial charge on any atom is -0.506 e. The molecule has 124 valence electrons. The molecule has 4 aromatic rings. The van der Waals surface area contributed by atoms with Crippen LogP contribution in [0.3, 0.4) is 0 Å². The monoisotopic (exact) mass is 324 g/mol. The fourth-order valence-corrected chi connectivity index (χ4v) is 2.75. The quantitative estimate of drug-likeness (QED) is 0.513. The highest BCUT2D eigenvalue weighted by molar-refractivity contribution is 5.91. The number of aryl methyl sites for hydroxylation is 1. The number of rotatable bonds is 2. The van der Waals surface area contributed by atoms with Crippen molar-refractivity contribution >= 4 is 21.8 Å². The molecule has 0 spiro atoms. The van der Waals surface area contributed by atoms with Crippen molar-refractivity contribution in [1.82, 2.24) is 9.97 Å². The number of aromatic hydroxyl groups is 1. The first kappa shape index (κ1) is 15.8. The molecule has 0 amide bonds. The summed E-state index contributed by atoms with van der Waals surface area (Å²) >= 11 is 0. The second kappa shape index (κ2) is 6.58. The molecule has 5 heteroatoms. The molecule has 0 fully saturated rings. The van der Waals surface area contributed by atoms with Crippen LogP contribution in [0.25, 0.3) is 21.8 Å². The van der Waals surface area contributed by atoms with Crippen LogP contribution in [0, 0.1) is 6.92 Å². The first-order valence-electron chi connectivity index (χ1n) is 7.59. The average molecular weight is 324 g/mol. The second-order valence-electron chi connectivity index (χ2n) is 5.43. The van der Waals surface area contributed by atoms with Crippen molar-refractivity contribution < 1.29 is 14.6 Å². The van der Waals surface area contributed by atoms with Gasteiger partial charge in [-0.25, -0.2) is 0 Å². The summed E-state index contributed by atoms with van der Waals surface area (Å²) in [6.45, 7) is 2.04. The number of benzene rings is 2. The highest BCUT2D eigenvalue weighted by Gasteiger charge is 2.06. The summed E-state index contributed by atoms with van der Waals surface area (Å²) in [6, 6.07) is 13.7. The fraction of sp³-hybridized carbons (Fsp3) is 0.158. The van der Waals surface area contributed by atoms with Gasteiger partial charge < -0.3 is 24.5 Å². The van der Waals surface area contributed by atoms with Crippen LogP contribution in [0.2, 0.25) is 0 Å². The predicted octanol–water partition coefficient (Wildman–Crippen LogP) is 4.37. The van der Waals surface area contributed by atoms with Crippen LogP contribution >= 0.6 is 0 Å². The van der Waals surface area contributed by atoms with Gasteiger partial charge in [-0.2, -0.15) is 0 Å². The van der Waals surface area contributed by atoms with Crippen molar-refractivity contribution in [2.24, 2.45) is 0 Å². The highest BCUT2D eigenvalue weighted by Crippen LogP contribution is 2.32. The topological polar surface area (TPSA) is 70.3 Å². The van der Waals surface area contributed by atoms with Crippen molar-refractivity contribution in [2.75, 3.05) is 14.2 Å². The van der Waals surface area contributed by atoms with Crippen molar-refractivity contribution in [2.45, 2.75) is 6.92 Å². The minimum atomic E-state index is 0.224. The van der Waals surface area contributed by atoms with Gasteiger partial charge in [0.15, 0.2) is 0 Å². The Kier molecular flexibility index (Phi) is 4.33. The van der Waals surface area contributed by atoms with E-state index in [9.17, 15) is 5.11 Å². The number of ether oxygens (including phenoxy) is 2. The van der Waals surface area contributed by atoms with E-state index in [0.29, 0.717) is 5.75 Å². The molecule has 0 saturated heterocycles. The number of aromatic nitrogens is 2. The Labute approximate surface area is 139 Å². The molecule has 2 aromatic carbocycles. The third-order valence-corrected chi connectivity index (χ3v) is 3.85. The Hall–Kier alpha value is -3.08. The largest absolute Gasteiger partial charge is 0.506 e. The lowest BCUT2D eigenvalue weighted by Gasteiger charge is -2.00. The van der Waals surface area contributed by atoms with Gasteiger partial charge in [-0.1, -0.05) is 12.1 Å². The summed E-state index contributed by atoms with van der Waals surface area (Å²) < 4.78 is 10.3. The van der Waals surface area contributed by atoms with Crippen LogP contribution in [-0.4, -0.2) is 29.3 Å². The summed E-state index contributed by atoms with van der Waals surface area (Å²) in [7, 11) is 3.28. The molecule has 0 radical (unpaired) electrons. The molecule has 0 aliphatic carbocycles. The average Bonchev–Trinajstić information content (AvgIpc) is 3.17. The molecule has 4 rings (SSSR count).